The quantitative estimate of drug-likeness (QED) is 0.905. The van der Waals surface area contributed by atoms with Gasteiger partial charge >= 0.3 is 0 Å². The van der Waals surface area contributed by atoms with Gasteiger partial charge in [-0.1, -0.05) is 23.2 Å². The summed E-state index contributed by atoms with van der Waals surface area (Å²) in [6.45, 7) is 2.05. The van der Waals surface area contributed by atoms with Crippen LogP contribution in [0.15, 0.2) is 17.0 Å². The molecule has 1 fully saturated rings. The lowest BCUT2D eigenvalue weighted by atomic mass is 10.3. The first-order valence-electron chi connectivity index (χ1n) is 5.78. The molecule has 0 amide bonds. The lowest BCUT2D eigenvalue weighted by molar-refractivity contribution is 0.432. The van der Waals surface area contributed by atoms with E-state index >= 15 is 0 Å². The Labute approximate surface area is 121 Å². The van der Waals surface area contributed by atoms with Gasteiger partial charge in [0.05, 0.1) is 10.0 Å². The highest BCUT2D eigenvalue weighted by Crippen LogP contribution is 2.32. The maximum absolute atomic E-state index is 13.1. The summed E-state index contributed by atoms with van der Waals surface area (Å²) >= 11 is 11.7. The summed E-state index contributed by atoms with van der Waals surface area (Å²) < 4.78 is 39.4. The summed E-state index contributed by atoms with van der Waals surface area (Å²) in [5.41, 5.74) is 0. The number of nitrogens with zero attached hydrogens (tertiary/aromatic N) is 1. The summed E-state index contributed by atoms with van der Waals surface area (Å²) in [6, 6.07) is 1.91. The molecule has 1 N–H and O–H groups in total. The average Bonchev–Trinajstić information content (AvgIpc) is 2.55. The molecule has 0 unspecified atom stereocenters. The fourth-order valence-corrected chi connectivity index (χ4v) is 4.58. The molecule has 0 spiro atoms. The zero-order valence-corrected chi connectivity index (χ0v) is 12.3. The van der Waals surface area contributed by atoms with Crippen molar-refractivity contribution in [1.29, 1.82) is 0 Å². The summed E-state index contributed by atoms with van der Waals surface area (Å²) in [4.78, 5) is -0.223. The van der Waals surface area contributed by atoms with Crippen molar-refractivity contribution in [2.75, 3.05) is 26.2 Å². The zero-order chi connectivity index (χ0) is 14.0. The van der Waals surface area contributed by atoms with Gasteiger partial charge in [-0.05, 0) is 25.1 Å². The molecule has 1 aliphatic rings. The number of halogens is 3. The van der Waals surface area contributed by atoms with Crippen LogP contribution in [0, 0.1) is 5.82 Å². The second-order valence-electron chi connectivity index (χ2n) is 4.21. The Morgan fingerprint density at radius 2 is 1.79 bits per heavy atom. The summed E-state index contributed by atoms with van der Waals surface area (Å²) in [6.07, 6.45) is 0.704. The van der Waals surface area contributed by atoms with Crippen LogP contribution in [-0.2, 0) is 10.0 Å². The molecule has 19 heavy (non-hydrogen) atoms. The largest absolute Gasteiger partial charge is 0.315 e. The van der Waals surface area contributed by atoms with Crippen LogP contribution in [0.25, 0.3) is 0 Å². The predicted octanol–water partition coefficient (Wildman–Crippen LogP) is 2.12. The number of rotatable bonds is 2. The van der Waals surface area contributed by atoms with Crippen molar-refractivity contribution >= 4 is 33.2 Å². The van der Waals surface area contributed by atoms with Gasteiger partial charge in [-0.25, -0.2) is 12.8 Å². The van der Waals surface area contributed by atoms with Gasteiger partial charge in [-0.3, -0.25) is 0 Å². The SMILES string of the molecule is O=S(=O)(c1c(Cl)cc(F)cc1Cl)N1CCCNCC1. The van der Waals surface area contributed by atoms with E-state index < -0.39 is 15.8 Å². The topological polar surface area (TPSA) is 49.4 Å². The van der Waals surface area contributed by atoms with Gasteiger partial charge in [-0.2, -0.15) is 4.31 Å². The monoisotopic (exact) mass is 326 g/mol. The number of sulfonamides is 1. The van der Waals surface area contributed by atoms with Crippen molar-refractivity contribution in [2.45, 2.75) is 11.3 Å². The Morgan fingerprint density at radius 1 is 1.16 bits per heavy atom. The fourth-order valence-electron chi connectivity index (χ4n) is 1.97. The standard InChI is InChI=1S/C11H13Cl2FN2O2S/c12-9-6-8(14)7-10(13)11(9)19(17,18)16-4-1-2-15-3-5-16/h6-7,15H,1-5H2. The van der Waals surface area contributed by atoms with Crippen LogP contribution in [0.2, 0.25) is 10.0 Å². The van der Waals surface area contributed by atoms with Gasteiger partial charge < -0.3 is 5.32 Å². The first-order chi connectivity index (χ1) is 8.93. The molecule has 2 rings (SSSR count). The Kier molecular flexibility index (Phi) is 4.68. The van der Waals surface area contributed by atoms with Crippen LogP contribution < -0.4 is 5.32 Å². The van der Waals surface area contributed by atoms with E-state index in [0.717, 1.165) is 18.7 Å². The molecular formula is C11H13Cl2FN2O2S. The second-order valence-corrected chi connectivity index (χ2v) is 6.90. The summed E-state index contributed by atoms with van der Waals surface area (Å²) in [7, 11) is -3.80. The molecule has 8 heteroatoms. The van der Waals surface area contributed by atoms with Crippen molar-refractivity contribution < 1.29 is 12.8 Å². The van der Waals surface area contributed by atoms with E-state index in [4.69, 9.17) is 23.2 Å². The lowest BCUT2D eigenvalue weighted by Gasteiger charge is -2.21. The third-order valence-corrected chi connectivity index (χ3v) is 5.68. The van der Waals surface area contributed by atoms with Gasteiger partial charge in [0.2, 0.25) is 10.0 Å². The van der Waals surface area contributed by atoms with Crippen molar-refractivity contribution in [1.82, 2.24) is 9.62 Å². The molecular weight excluding hydrogens is 314 g/mol. The van der Waals surface area contributed by atoms with Crippen LogP contribution in [0.5, 0.6) is 0 Å². The van der Waals surface area contributed by atoms with Crippen molar-refractivity contribution in [3.05, 3.63) is 28.0 Å². The summed E-state index contributed by atoms with van der Waals surface area (Å²) in [5, 5.41) is 2.72. The van der Waals surface area contributed by atoms with E-state index in [9.17, 15) is 12.8 Å². The molecule has 1 aromatic carbocycles. The Morgan fingerprint density at radius 3 is 2.42 bits per heavy atom. The van der Waals surface area contributed by atoms with Crippen LogP contribution >= 0.6 is 23.2 Å². The minimum Gasteiger partial charge on any atom is -0.315 e. The third kappa shape index (κ3) is 3.20. The van der Waals surface area contributed by atoms with Crippen molar-refractivity contribution in [3.8, 4) is 0 Å². The highest BCUT2D eigenvalue weighted by atomic mass is 35.5. The van der Waals surface area contributed by atoms with E-state index in [-0.39, 0.29) is 14.9 Å². The fraction of sp³-hybridized carbons (Fsp3) is 0.455. The van der Waals surface area contributed by atoms with E-state index in [1.807, 2.05) is 0 Å². The molecule has 0 aromatic heterocycles. The minimum absolute atomic E-state index is 0.192. The Hall–Kier alpha value is -0.400. The highest BCUT2D eigenvalue weighted by Gasteiger charge is 2.29. The van der Waals surface area contributed by atoms with Crippen LogP contribution in [0.4, 0.5) is 4.39 Å². The van der Waals surface area contributed by atoms with Gasteiger partial charge in [0, 0.05) is 19.6 Å². The van der Waals surface area contributed by atoms with E-state index in [2.05, 4.69) is 5.32 Å². The molecule has 106 valence electrons. The van der Waals surface area contributed by atoms with Crippen LogP contribution in [-0.4, -0.2) is 38.9 Å². The van der Waals surface area contributed by atoms with E-state index in [1.54, 1.807) is 0 Å². The molecule has 0 radical (unpaired) electrons. The zero-order valence-electron chi connectivity index (χ0n) is 10.00. The number of benzene rings is 1. The van der Waals surface area contributed by atoms with Gasteiger partial charge in [0.1, 0.15) is 10.7 Å². The summed E-state index contributed by atoms with van der Waals surface area (Å²) in [5.74, 6) is -0.661. The highest BCUT2D eigenvalue weighted by molar-refractivity contribution is 7.89. The molecule has 0 aliphatic carbocycles. The first kappa shape index (κ1) is 15.0. The smallest absolute Gasteiger partial charge is 0.246 e. The van der Waals surface area contributed by atoms with E-state index in [1.165, 1.54) is 4.31 Å². The third-order valence-electron chi connectivity index (χ3n) is 2.86. The van der Waals surface area contributed by atoms with Gasteiger partial charge in [0.25, 0.3) is 0 Å². The van der Waals surface area contributed by atoms with Gasteiger partial charge in [-0.15, -0.1) is 0 Å². The number of hydrogen-bond donors (Lipinski definition) is 1. The normalized spacial score (nSPS) is 18.3. The van der Waals surface area contributed by atoms with Crippen molar-refractivity contribution in [2.24, 2.45) is 0 Å². The number of nitrogens with one attached hydrogen (secondary N) is 1. The lowest BCUT2D eigenvalue weighted by Crippen LogP contribution is -2.34. The van der Waals surface area contributed by atoms with Crippen LogP contribution in [0.1, 0.15) is 6.42 Å². The van der Waals surface area contributed by atoms with E-state index in [0.29, 0.717) is 26.1 Å². The van der Waals surface area contributed by atoms with Crippen molar-refractivity contribution in [3.63, 3.8) is 0 Å². The molecule has 1 aliphatic heterocycles. The number of hydrogen-bond acceptors (Lipinski definition) is 3. The Balaban J connectivity index is 2.44. The predicted molar refractivity (Wildman–Crippen MR) is 72.7 cm³/mol. The molecule has 0 saturated carbocycles. The van der Waals surface area contributed by atoms with Gasteiger partial charge in [0.15, 0.2) is 0 Å². The maximum atomic E-state index is 13.1. The second kappa shape index (κ2) is 5.93. The minimum atomic E-state index is -3.80. The average molecular weight is 327 g/mol. The maximum Gasteiger partial charge on any atom is 0.246 e. The molecule has 0 atom stereocenters. The molecule has 1 saturated heterocycles. The van der Waals surface area contributed by atoms with Crippen LogP contribution in [0.3, 0.4) is 0 Å². The Bertz CT molecular complexity index is 549. The molecule has 1 aromatic rings. The molecule has 0 bridgehead atoms. The molecule has 4 nitrogen and oxygen atoms in total. The molecule has 1 heterocycles. The first-order valence-corrected chi connectivity index (χ1v) is 7.98.